The van der Waals surface area contributed by atoms with E-state index in [1.54, 1.807) is 0 Å². The van der Waals surface area contributed by atoms with Crippen molar-refractivity contribution in [3.05, 3.63) is 12.2 Å². The van der Waals surface area contributed by atoms with Crippen LogP contribution in [0.4, 0.5) is 30.7 Å². The minimum atomic E-state index is -6.25. The molecule has 0 spiro atoms. The second-order valence-corrected chi connectivity index (χ2v) is 6.55. The first kappa shape index (κ1) is 25.7. The Kier molecular flexibility index (Phi) is 11.7. The quantitative estimate of drug-likeness (QED) is 0.178. The third-order valence-corrected chi connectivity index (χ3v) is 4.11. The van der Waals surface area contributed by atoms with Crippen LogP contribution in [-0.2, 0) is 4.79 Å². The van der Waals surface area contributed by atoms with Gasteiger partial charge in [-0.15, -0.1) is 0 Å². The smallest absolute Gasteiger partial charge is 0.459 e. The molecule has 0 fully saturated rings. The molecule has 27 heavy (non-hydrogen) atoms. The molecular formula is C18H27F7O2. The standard InChI is InChI=1S/C18H27F7O2/c19-16(20,17(21,22)18(23,24)25)14-12-10-8-6-4-2-1-3-5-7-9-11-13-15(26)27/h2,4H,1,3,5-14H2,(H,26,27)/b4-2-. The normalized spacial score (nSPS) is 13.4. The van der Waals surface area contributed by atoms with Crippen LogP contribution in [0.15, 0.2) is 12.2 Å². The number of hydrogen-bond acceptors (Lipinski definition) is 1. The number of aliphatic carboxylic acids is 1. The van der Waals surface area contributed by atoms with Gasteiger partial charge in [-0.3, -0.25) is 4.79 Å². The second kappa shape index (κ2) is 12.2. The zero-order valence-corrected chi connectivity index (χ0v) is 15.1. The number of hydrogen-bond donors (Lipinski definition) is 1. The molecule has 0 aromatic heterocycles. The number of rotatable bonds is 15. The van der Waals surface area contributed by atoms with Gasteiger partial charge >= 0.3 is 24.0 Å². The van der Waals surface area contributed by atoms with Crippen molar-refractivity contribution >= 4 is 5.97 Å². The molecular weight excluding hydrogens is 381 g/mol. The van der Waals surface area contributed by atoms with Crippen LogP contribution < -0.4 is 0 Å². The monoisotopic (exact) mass is 408 g/mol. The third kappa shape index (κ3) is 10.6. The number of alkyl halides is 7. The highest BCUT2D eigenvalue weighted by atomic mass is 19.4. The van der Waals surface area contributed by atoms with Gasteiger partial charge in [-0.05, 0) is 38.5 Å². The van der Waals surface area contributed by atoms with Crippen LogP contribution in [0.25, 0.3) is 0 Å². The van der Waals surface area contributed by atoms with Gasteiger partial charge in [-0.25, -0.2) is 0 Å². The number of allylic oxidation sites excluding steroid dienone is 2. The summed E-state index contributed by atoms with van der Waals surface area (Å²) in [6.07, 6.45) is 2.19. The highest BCUT2D eigenvalue weighted by molar-refractivity contribution is 5.66. The van der Waals surface area contributed by atoms with E-state index in [4.69, 9.17) is 5.11 Å². The van der Waals surface area contributed by atoms with Gasteiger partial charge in [-0.2, -0.15) is 30.7 Å². The van der Waals surface area contributed by atoms with Crippen LogP contribution in [0.5, 0.6) is 0 Å². The molecule has 0 radical (unpaired) electrons. The molecule has 9 heteroatoms. The lowest BCUT2D eigenvalue weighted by molar-refractivity contribution is -0.355. The van der Waals surface area contributed by atoms with Crippen molar-refractivity contribution in [2.75, 3.05) is 0 Å². The van der Waals surface area contributed by atoms with Crippen LogP contribution in [0.1, 0.15) is 77.0 Å². The minimum absolute atomic E-state index is 0.150. The van der Waals surface area contributed by atoms with Crippen LogP contribution in [0.2, 0.25) is 0 Å². The van der Waals surface area contributed by atoms with Crippen LogP contribution >= 0.6 is 0 Å². The number of carbonyl (C=O) groups is 1. The Balaban J connectivity index is 3.69. The Morgan fingerprint density at radius 1 is 0.704 bits per heavy atom. The van der Waals surface area contributed by atoms with Crippen molar-refractivity contribution in [1.29, 1.82) is 0 Å². The Hall–Kier alpha value is -1.28. The average molecular weight is 408 g/mol. The number of carboxylic acids is 1. The molecule has 0 aromatic carbocycles. The van der Waals surface area contributed by atoms with Crippen molar-refractivity contribution in [3.8, 4) is 0 Å². The van der Waals surface area contributed by atoms with Gasteiger partial charge in [0, 0.05) is 12.8 Å². The van der Waals surface area contributed by atoms with Crippen molar-refractivity contribution in [2.24, 2.45) is 0 Å². The number of unbranched alkanes of at least 4 members (excludes halogenated alkanes) is 8. The van der Waals surface area contributed by atoms with Crippen molar-refractivity contribution in [1.82, 2.24) is 0 Å². The highest BCUT2D eigenvalue weighted by Crippen LogP contribution is 2.48. The fraction of sp³-hybridized carbons (Fsp3) is 0.833. The summed E-state index contributed by atoms with van der Waals surface area (Å²) in [5, 5.41) is 8.47. The molecule has 2 nitrogen and oxygen atoms in total. The average Bonchev–Trinajstić information content (AvgIpc) is 2.53. The molecule has 0 rings (SSSR count). The van der Waals surface area contributed by atoms with Gasteiger partial charge in [-0.1, -0.05) is 37.8 Å². The number of carboxylic acid groups (broad SMARTS) is 1. The van der Waals surface area contributed by atoms with Gasteiger partial charge in [0.25, 0.3) is 0 Å². The lowest BCUT2D eigenvalue weighted by atomic mass is 10.0. The van der Waals surface area contributed by atoms with E-state index >= 15 is 0 Å². The molecule has 0 aliphatic heterocycles. The van der Waals surface area contributed by atoms with Crippen LogP contribution in [-0.4, -0.2) is 29.1 Å². The van der Waals surface area contributed by atoms with E-state index in [-0.39, 0.29) is 12.8 Å². The molecule has 0 saturated carbocycles. The predicted octanol–water partition coefficient (Wildman–Crippen LogP) is 7.14. The topological polar surface area (TPSA) is 37.3 Å². The first-order valence-electron chi connectivity index (χ1n) is 9.11. The van der Waals surface area contributed by atoms with E-state index in [2.05, 4.69) is 0 Å². The molecule has 0 atom stereocenters. The summed E-state index contributed by atoms with van der Waals surface area (Å²) in [7, 11) is 0. The second-order valence-electron chi connectivity index (χ2n) is 6.55. The van der Waals surface area contributed by atoms with Gasteiger partial charge in [0.15, 0.2) is 0 Å². The lowest BCUT2D eigenvalue weighted by Crippen LogP contribution is -2.51. The zero-order valence-electron chi connectivity index (χ0n) is 15.1. The zero-order chi connectivity index (χ0) is 21.0. The van der Waals surface area contributed by atoms with E-state index in [0.717, 1.165) is 32.1 Å². The maximum absolute atomic E-state index is 13.0. The maximum Gasteiger partial charge on any atom is 0.459 e. The molecule has 160 valence electrons. The summed E-state index contributed by atoms with van der Waals surface area (Å²) in [5.41, 5.74) is 0. The van der Waals surface area contributed by atoms with E-state index in [1.165, 1.54) is 0 Å². The first-order chi connectivity index (χ1) is 12.4. The summed E-state index contributed by atoms with van der Waals surface area (Å²) in [6, 6.07) is 0. The minimum Gasteiger partial charge on any atom is -0.481 e. The largest absolute Gasteiger partial charge is 0.481 e. The Morgan fingerprint density at radius 3 is 1.63 bits per heavy atom. The summed E-state index contributed by atoms with van der Waals surface area (Å²) in [5.74, 6) is -11.9. The summed E-state index contributed by atoms with van der Waals surface area (Å²) < 4.78 is 87.3. The van der Waals surface area contributed by atoms with Crippen LogP contribution in [0, 0.1) is 0 Å². The summed E-state index contributed by atoms with van der Waals surface area (Å²) in [4.78, 5) is 10.3. The molecule has 1 N–H and O–H groups in total. The molecule has 0 heterocycles. The number of halogens is 7. The van der Waals surface area contributed by atoms with E-state index in [1.807, 2.05) is 12.2 Å². The van der Waals surface area contributed by atoms with Crippen molar-refractivity contribution < 1.29 is 40.6 Å². The van der Waals surface area contributed by atoms with Crippen molar-refractivity contribution in [2.45, 2.75) is 95.1 Å². The van der Waals surface area contributed by atoms with E-state index in [0.29, 0.717) is 19.3 Å². The van der Waals surface area contributed by atoms with Gasteiger partial charge in [0.1, 0.15) is 0 Å². The van der Waals surface area contributed by atoms with Crippen LogP contribution in [0.3, 0.4) is 0 Å². The summed E-state index contributed by atoms with van der Waals surface area (Å²) >= 11 is 0. The molecule has 0 amide bonds. The SMILES string of the molecule is O=C(O)CCCCCCC/C=C\CCCCCC(F)(F)C(F)(F)C(F)(F)F. The van der Waals surface area contributed by atoms with Gasteiger partial charge in [0.05, 0.1) is 0 Å². The third-order valence-electron chi connectivity index (χ3n) is 4.11. The summed E-state index contributed by atoms with van der Waals surface area (Å²) in [6.45, 7) is 0. The van der Waals surface area contributed by atoms with E-state index in [9.17, 15) is 35.5 Å². The molecule has 0 aliphatic carbocycles. The predicted molar refractivity (Wildman–Crippen MR) is 88.1 cm³/mol. The fourth-order valence-electron chi connectivity index (χ4n) is 2.45. The molecule has 0 saturated heterocycles. The molecule has 0 aromatic rings. The highest BCUT2D eigenvalue weighted by Gasteiger charge is 2.72. The molecule has 0 aliphatic rings. The van der Waals surface area contributed by atoms with Gasteiger partial charge < -0.3 is 5.11 Å². The lowest BCUT2D eigenvalue weighted by Gasteiger charge is -2.28. The molecule has 0 bridgehead atoms. The fourth-order valence-corrected chi connectivity index (χ4v) is 2.45. The van der Waals surface area contributed by atoms with Crippen molar-refractivity contribution in [3.63, 3.8) is 0 Å². The molecule has 0 unspecified atom stereocenters. The Bertz CT molecular complexity index is 445. The van der Waals surface area contributed by atoms with E-state index < -0.39 is 36.8 Å². The maximum atomic E-state index is 13.0. The Labute approximate surface area is 154 Å². The Morgan fingerprint density at radius 2 is 1.15 bits per heavy atom. The first-order valence-corrected chi connectivity index (χ1v) is 9.11. The van der Waals surface area contributed by atoms with Gasteiger partial charge in [0.2, 0.25) is 0 Å².